The average molecular weight is 411 g/mol. The Bertz CT molecular complexity index is 838. The molecule has 2 aromatic rings. The highest BCUT2D eigenvalue weighted by atomic mass is 16.2. The molecule has 1 unspecified atom stereocenters. The molecular weight excluding hydrogens is 376 g/mol. The molecule has 1 amide bonds. The largest absolute Gasteiger partial charge is 0.378 e. The molecule has 0 N–H and O–H groups in total. The SMILES string of the molecule is CCN(CC)C(=O)c1cn(C2CCCN(C/C=C/c3ccc(N(C)C)cc3)C2)nn1. The Kier molecular flexibility index (Phi) is 7.63. The quantitative estimate of drug-likeness (QED) is 0.669. The number of carbonyl (C=O) groups excluding carboxylic acids is 1. The first kappa shape index (κ1) is 22.0. The third kappa shape index (κ3) is 5.48. The van der Waals surface area contributed by atoms with Crippen molar-refractivity contribution in [2.75, 3.05) is 51.7 Å². The molecule has 1 saturated heterocycles. The molecule has 1 aromatic heterocycles. The van der Waals surface area contributed by atoms with E-state index in [2.05, 4.69) is 70.6 Å². The first-order valence-electron chi connectivity index (χ1n) is 10.9. The van der Waals surface area contributed by atoms with E-state index in [1.165, 1.54) is 11.3 Å². The number of benzene rings is 1. The fraction of sp³-hybridized carbons (Fsp3) is 0.522. The predicted octanol–water partition coefficient (Wildman–Crippen LogP) is 3.18. The first-order valence-corrected chi connectivity index (χ1v) is 10.9. The van der Waals surface area contributed by atoms with Crippen molar-refractivity contribution in [2.45, 2.75) is 32.7 Å². The summed E-state index contributed by atoms with van der Waals surface area (Å²) in [5.41, 5.74) is 2.86. The van der Waals surface area contributed by atoms with Crippen LogP contribution in [0.2, 0.25) is 0 Å². The van der Waals surface area contributed by atoms with Crippen LogP contribution in [0.25, 0.3) is 6.08 Å². The summed E-state index contributed by atoms with van der Waals surface area (Å²) in [6.07, 6.45) is 8.41. The van der Waals surface area contributed by atoms with E-state index >= 15 is 0 Å². The Labute approximate surface area is 180 Å². The lowest BCUT2D eigenvalue weighted by Crippen LogP contribution is -2.36. The Balaban J connectivity index is 1.56. The summed E-state index contributed by atoms with van der Waals surface area (Å²) >= 11 is 0. The van der Waals surface area contributed by atoms with Crippen molar-refractivity contribution in [3.63, 3.8) is 0 Å². The molecule has 0 bridgehead atoms. The van der Waals surface area contributed by atoms with Crippen molar-refractivity contribution < 1.29 is 4.79 Å². The number of aromatic nitrogens is 3. The molecule has 30 heavy (non-hydrogen) atoms. The molecule has 1 atom stereocenters. The minimum atomic E-state index is -0.0397. The van der Waals surface area contributed by atoms with E-state index in [1.54, 1.807) is 4.90 Å². The maximum Gasteiger partial charge on any atom is 0.276 e. The molecular formula is C23H34N6O. The van der Waals surface area contributed by atoms with E-state index in [-0.39, 0.29) is 11.9 Å². The van der Waals surface area contributed by atoms with Gasteiger partial charge in [-0.1, -0.05) is 29.5 Å². The topological polar surface area (TPSA) is 57.5 Å². The van der Waals surface area contributed by atoms with Gasteiger partial charge in [-0.25, -0.2) is 4.68 Å². The number of anilines is 1. The molecule has 162 valence electrons. The lowest BCUT2D eigenvalue weighted by molar-refractivity contribution is 0.0767. The maximum absolute atomic E-state index is 12.5. The molecule has 1 fully saturated rings. The fourth-order valence-electron chi connectivity index (χ4n) is 3.86. The van der Waals surface area contributed by atoms with Crippen LogP contribution in [-0.4, -0.2) is 77.5 Å². The summed E-state index contributed by atoms with van der Waals surface area (Å²) in [6.45, 7) is 8.25. The summed E-state index contributed by atoms with van der Waals surface area (Å²) in [7, 11) is 4.10. The van der Waals surface area contributed by atoms with Crippen molar-refractivity contribution >= 4 is 17.7 Å². The van der Waals surface area contributed by atoms with Crippen LogP contribution in [0.3, 0.4) is 0 Å². The number of nitrogens with zero attached hydrogens (tertiary/aromatic N) is 6. The normalized spacial score (nSPS) is 17.4. The average Bonchev–Trinajstić information content (AvgIpc) is 3.25. The van der Waals surface area contributed by atoms with Gasteiger partial charge in [-0.3, -0.25) is 9.69 Å². The van der Waals surface area contributed by atoms with Crippen LogP contribution >= 0.6 is 0 Å². The predicted molar refractivity (Wildman–Crippen MR) is 122 cm³/mol. The maximum atomic E-state index is 12.5. The number of likely N-dealkylation sites (tertiary alicyclic amines) is 1. The summed E-state index contributed by atoms with van der Waals surface area (Å²) in [4.78, 5) is 18.8. The summed E-state index contributed by atoms with van der Waals surface area (Å²) in [5, 5.41) is 8.41. The van der Waals surface area contributed by atoms with E-state index in [1.807, 2.05) is 24.7 Å². The fourth-order valence-corrected chi connectivity index (χ4v) is 3.86. The number of hydrogen-bond acceptors (Lipinski definition) is 5. The number of hydrogen-bond donors (Lipinski definition) is 0. The first-order chi connectivity index (χ1) is 14.5. The van der Waals surface area contributed by atoms with Crippen molar-refractivity contribution in [1.29, 1.82) is 0 Å². The summed E-state index contributed by atoms with van der Waals surface area (Å²) in [6, 6.07) is 8.83. The van der Waals surface area contributed by atoms with Crippen LogP contribution in [0.5, 0.6) is 0 Å². The zero-order chi connectivity index (χ0) is 21.5. The third-order valence-corrected chi connectivity index (χ3v) is 5.72. The molecule has 0 aliphatic carbocycles. The zero-order valence-electron chi connectivity index (χ0n) is 18.7. The standard InChI is InChI=1S/C23H34N6O/c1-5-28(6-2)23(30)22-18-29(25-24-22)21-10-8-16-27(17-21)15-7-9-19-11-13-20(14-12-19)26(3)4/h7,9,11-14,18,21H,5-6,8,10,15-17H2,1-4H3/b9-7+. The van der Waals surface area contributed by atoms with Gasteiger partial charge in [-0.2, -0.15) is 0 Å². The van der Waals surface area contributed by atoms with Crippen molar-refractivity contribution in [2.24, 2.45) is 0 Å². The highest BCUT2D eigenvalue weighted by Crippen LogP contribution is 2.21. The second-order valence-corrected chi connectivity index (χ2v) is 8.01. The van der Waals surface area contributed by atoms with Crippen LogP contribution in [0.15, 0.2) is 36.5 Å². The zero-order valence-corrected chi connectivity index (χ0v) is 18.7. The van der Waals surface area contributed by atoms with Crippen LogP contribution in [0, 0.1) is 0 Å². The smallest absolute Gasteiger partial charge is 0.276 e. The van der Waals surface area contributed by atoms with Crippen LogP contribution < -0.4 is 4.90 Å². The summed E-state index contributed by atoms with van der Waals surface area (Å²) in [5.74, 6) is -0.0397. The Morgan fingerprint density at radius 1 is 1.20 bits per heavy atom. The van der Waals surface area contributed by atoms with Crippen molar-refractivity contribution in [3.05, 3.63) is 47.8 Å². The monoisotopic (exact) mass is 410 g/mol. The minimum Gasteiger partial charge on any atom is -0.378 e. The lowest BCUT2D eigenvalue weighted by atomic mass is 10.1. The van der Waals surface area contributed by atoms with Gasteiger partial charge >= 0.3 is 0 Å². The van der Waals surface area contributed by atoms with Gasteiger partial charge in [0.15, 0.2) is 5.69 Å². The lowest BCUT2D eigenvalue weighted by Gasteiger charge is -2.31. The highest BCUT2D eigenvalue weighted by Gasteiger charge is 2.23. The van der Waals surface area contributed by atoms with Gasteiger partial charge in [0.1, 0.15) is 0 Å². The minimum absolute atomic E-state index is 0.0397. The number of rotatable bonds is 8. The van der Waals surface area contributed by atoms with Gasteiger partial charge in [-0.15, -0.1) is 5.10 Å². The van der Waals surface area contributed by atoms with Gasteiger partial charge in [-0.05, 0) is 50.9 Å². The Morgan fingerprint density at radius 3 is 2.60 bits per heavy atom. The number of amides is 1. The van der Waals surface area contributed by atoms with Gasteiger partial charge in [0, 0.05) is 46.0 Å². The Hall–Kier alpha value is -2.67. The van der Waals surface area contributed by atoms with Crippen LogP contribution in [-0.2, 0) is 0 Å². The third-order valence-electron chi connectivity index (χ3n) is 5.72. The van der Waals surface area contributed by atoms with Gasteiger partial charge in [0.25, 0.3) is 5.91 Å². The number of carbonyl (C=O) groups is 1. The number of piperidine rings is 1. The molecule has 0 radical (unpaired) electrons. The van der Waals surface area contributed by atoms with Gasteiger partial charge in [0.2, 0.25) is 0 Å². The molecule has 7 nitrogen and oxygen atoms in total. The molecule has 1 aliphatic rings. The molecule has 1 aromatic carbocycles. The molecule has 3 rings (SSSR count). The van der Waals surface area contributed by atoms with Gasteiger partial charge in [0.05, 0.1) is 12.2 Å². The molecule has 7 heteroatoms. The second-order valence-electron chi connectivity index (χ2n) is 8.01. The van der Waals surface area contributed by atoms with E-state index in [9.17, 15) is 4.79 Å². The van der Waals surface area contributed by atoms with Crippen molar-refractivity contribution in [1.82, 2.24) is 24.8 Å². The van der Waals surface area contributed by atoms with E-state index in [4.69, 9.17) is 0 Å². The van der Waals surface area contributed by atoms with Gasteiger partial charge < -0.3 is 9.80 Å². The summed E-state index contributed by atoms with van der Waals surface area (Å²) < 4.78 is 1.88. The second kappa shape index (κ2) is 10.4. The van der Waals surface area contributed by atoms with Crippen LogP contribution in [0.1, 0.15) is 48.8 Å². The Morgan fingerprint density at radius 2 is 1.93 bits per heavy atom. The molecule has 1 aliphatic heterocycles. The molecule has 0 saturated carbocycles. The van der Waals surface area contributed by atoms with E-state index in [0.717, 1.165) is 32.5 Å². The van der Waals surface area contributed by atoms with Crippen molar-refractivity contribution in [3.8, 4) is 0 Å². The van der Waals surface area contributed by atoms with E-state index in [0.29, 0.717) is 18.8 Å². The van der Waals surface area contributed by atoms with E-state index < -0.39 is 0 Å². The molecule has 2 heterocycles. The highest BCUT2D eigenvalue weighted by molar-refractivity contribution is 5.91. The van der Waals surface area contributed by atoms with Crippen LogP contribution in [0.4, 0.5) is 5.69 Å². The molecule has 0 spiro atoms.